The fraction of sp³-hybridized carbons (Fsp3) is 0.643. The number of aryl methyl sites for hydroxylation is 2. The zero-order valence-corrected chi connectivity index (χ0v) is 13.4. The summed E-state index contributed by atoms with van der Waals surface area (Å²) in [6, 6.07) is 1.94. The van der Waals surface area contributed by atoms with Crippen LogP contribution >= 0.6 is 11.8 Å². The standard InChI is InChI=1S/C14H23N3O2S/c1-5-14(15-4,12(18)19)7-6-8-20-13-16-10(2)9-11(3)17-13/h9,15H,5-8H2,1-4H3,(H,18,19). The lowest BCUT2D eigenvalue weighted by atomic mass is 9.91. The molecule has 1 unspecified atom stereocenters. The first-order valence-electron chi connectivity index (χ1n) is 6.81. The van der Waals surface area contributed by atoms with Gasteiger partial charge in [-0.1, -0.05) is 18.7 Å². The van der Waals surface area contributed by atoms with E-state index in [9.17, 15) is 9.90 Å². The summed E-state index contributed by atoms with van der Waals surface area (Å²) in [5.74, 6) is 0.0368. The molecule has 0 saturated carbocycles. The van der Waals surface area contributed by atoms with Crippen LogP contribution in [-0.2, 0) is 4.79 Å². The van der Waals surface area contributed by atoms with Gasteiger partial charge >= 0.3 is 5.97 Å². The Kier molecular flexibility index (Phi) is 6.42. The summed E-state index contributed by atoms with van der Waals surface area (Å²) in [6.45, 7) is 5.79. The average molecular weight is 297 g/mol. The summed E-state index contributed by atoms with van der Waals surface area (Å²) < 4.78 is 0. The van der Waals surface area contributed by atoms with Crippen LogP contribution in [0.3, 0.4) is 0 Å². The molecule has 0 saturated heterocycles. The average Bonchev–Trinajstić information content (AvgIpc) is 2.38. The molecule has 2 N–H and O–H groups in total. The number of hydrogen-bond acceptors (Lipinski definition) is 5. The molecule has 1 atom stereocenters. The summed E-state index contributed by atoms with van der Waals surface area (Å²) in [5.41, 5.74) is 1.11. The third-order valence-corrected chi connectivity index (χ3v) is 4.37. The first-order chi connectivity index (χ1) is 9.43. The molecule has 112 valence electrons. The van der Waals surface area contributed by atoms with Gasteiger partial charge in [0.25, 0.3) is 0 Å². The molecule has 1 aromatic heterocycles. The summed E-state index contributed by atoms with van der Waals surface area (Å²) in [5, 5.41) is 13.0. The molecule has 0 fully saturated rings. The van der Waals surface area contributed by atoms with Crippen molar-refractivity contribution in [3.63, 3.8) is 0 Å². The first kappa shape index (κ1) is 16.9. The highest BCUT2D eigenvalue weighted by Crippen LogP contribution is 2.21. The number of nitrogens with one attached hydrogen (secondary N) is 1. The molecular formula is C14H23N3O2S. The Morgan fingerprint density at radius 2 is 2.00 bits per heavy atom. The largest absolute Gasteiger partial charge is 0.480 e. The van der Waals surface area contributed by atoms with Gasteiger partial charge in [0.05, 0.1) is 0 Å². The number of aromatic nitrogens is 2. The lowest BCUT2D eigenvalue weighted by Crippen LogP contribution is -2.49. The number of carbonyl (C=O) groups is 1. The van der Waals surface area contributed by atoms with Crippen molar-refractivity contribution in [3.8, 4) is 0 Å². The monoisotopic (exact) mass is 297 g/mol. The Morgan fingerprint density at radius 1 is 1.40 bits per heavy atom. The van der Waals surface area contributed by atoms with E-state index < -0.39 is 11.5 Å². The van der Waals surface area contributed by atoms with Gasteiger partial charge in [0.2, 0.25) is 0 Å². The van der Waals surface area contributed by atoms with Crippen LogP contribution in [0.5, 0.6) is 0 Å². The van der Waals surface area contributed by atoms with Crippen molar-refractivity contribution in [1.29, 1.82) is 0 Å². The Balaban J connectivity index is 2.50. The molecule has 1 heterocycles. The minimum Gasteiger partial charge on any atom is -0.480 e. The number of rotatable bonds is 8. The minimum absolute atomic E-state index is 0.573. The van der Waals surface area contributed by atoms with Gasteiger partial charge < -0.3 is 10.4 Å². The number of likely N-dealkylation sites (N-methyl/N-ethyl adjacent to an activating group) is 1. The van der Waals surface area contributed by atoms with Crippen LogP contribution in [0.1, 0.15) is 37.6 Å². The van der Waals surface area contributed by atoms with Gasteiger partial charge in [-0.05, 0) is 46.2 Å². The topological polar surface area (TPSA) is 75.1 Å². The summed E-state index contributed by atoms with van der Waals surface area (Å²) in [4.78, 5) is 20.1. The molecule has 1 rings (SSSR count). The number of nitrogens with zero attached hydrogens (tertiary/aromatic N) is 2. The van der Waals surface area contributed by atoms with Crippen molar-refractivity contribution in [2.75, 3.05) is 12.8 Å². The van der Waals surface area contributed by atoms with Gasteiger partial charge in [-0.15, -0.1) is 0 Å². The SMILES string of the molecule is CCC(CCCSc1nc(C)cc(C)n1)(NC)C(=O)O. The summed E-state index contributed by atoms with van der Waals surface area (Å²) >= 11 is 1.58. The molecule has 0 bridgehead atoms. The molecular weight excluding hydrogens is 274 g/mol. The van der Waals surface area contributed by atoms with E-state index in [2.05, 4.69) is 15.3 Å². The predicted molar refractivity (Wildman–Crippen MR) is 81.2 cm³/mol. The number of hydrogen-bond donors (Lipinski definition) is 2. The lowest BCUT2D eigenvalue weighted by molar-refractivity contribution is -0.145. The second-order valence-corrected chi connectivity index (χ2v) is 5.94. The molecule has 0 amide bonds. The molecule has 0 radical (unpaired) electrons. The number of thioether (sulfide) groups is 1. The smallest absolute Gasteiger partial charge is 0.323 e. The van der Waals surface area contributed by atoms with Crippen molar-refractivity contribution in [2.24, 2.45) is 0 Å². The van der Waals surface area contributed by atoms with Gasteiger partial charge in [0, 0.05) is 17.1 Å². The van der Waals surface area contributed by atoms with E-state index in [4.69, 9.17) is 0 Å². The molecule has 0 aromatic carbocycles. The highest BCUT2D eigenvalue weighted by Gasteiger charge is 2.33. The van der Waals surface area contributed by atoms with Crippen molar-refractivity contribution < 1.29 is 9.90 Å². The van der Waals surface area contributed by atoms with E-state index in [0.717, 1.165) is 28.7 Å². The molecule has 0 aliphatic rings. The molecule has 0 aliphatic heterocycles. The number of carboxylic acids is 1. The van der Waals surface area contributed by atoms with Gasteiger partial charge in [-0.3, -0.25) is 4.79 Å². The minimum atomic E-state index is -0.816. The van der Waals surface area contributed by atoms with Gasteiger partial charge in [-0.2, -0.15) is 0 Å². The Hall–Kier alpha value is -1.14. The van der Waals surface area contributed by atoms with E-state index in [-0.39, 0.29) is 0 Å². The van der Waals surface area contributed by atoms with Crippen LogP contribution in [0.4, 0.5) is 0 Å². The van der Waals surface area contributed by atoms with Crippen molar-refractivity contribution >= 4 is 17.7 Å². The zero-order chi connectivity index (χ0) is 15.2. The Morgan fingerprint density at radius 3 is 2.45 bits per heavy atom. The van der Waals surface area contributed by atoms with Gasteiger partial charge in [0.1, 0.15) is 5.54 Å². The normalized spacial score (nSPS) is 14.0. The lowest BCUT2D eigenvalue weighted by Gasteiger charge is -2.27. The molecule has 5 nitrogen and oxygen atoms in total. The Labute approximate surface area is 124 Å². The van der Waals surface area contributed by atoms with E-state index in [1.165, 1.54) is 0 Å². The zero-order valence-electron chi connectivity index (χ0n) is 12.6. The molecule has 0 spiro atoms. The van der Waals surface area contributed by atoms with E-state index in [0.29, 0.717) is 12.8 Å². The third kappa shape index (κ3) is 4.45. The van der Waals surface area contributed by atoms with Crippen LogP contribution in [0, 0.1) is 13.8 Å². The summed E-state index contributed by atoms with van der Waals surface area (Å²) in [6.07, 6.45) is 1.98. The maximum atomic E-state index is 11.3. The fourth-order valence-corrected chi connectivity index (χ4v) is 3.03. The second kappa shape index (κ2) is 7.59. The van der Waals surface area contributed by atoms with Crippen LogP contribution < -0.4 is 5.32 Å². The van der Waals surface area contributed by atoms with Crippen LogP contribution in [0.2, 0.25) is 0 Å². The molecule has 6 heteroatoms. The maximum Gasteiger partial charge on any atom is 0.323 e. The predicted octanol–water partition coefficient (Wildman–Crippen LogP) is 2.42. The fourth-order valence-electron chi connectivity index (χ4n) is 2.14. The van der Waals surface area contributed by atoms with Gasteiger partial charge in [-0.25, -0.2) is 9.97 Å². The van der Waals surface area contributed by atoms with Crippen LogP contribution in [0.25, 0.3) is 0 Å². The van der Waals surface area contributed by atoms with Gasteiger partial charge in [0.15, 0.2) is 5.16 Å². The quantitative estimate of drug-likeness (QED) is 0.436. The second-order valence-electron chi connectivity index (χ2n) is 4.88. The number of carboxylic acid groups (broad SMARTS) is 1. The molecule has 1 aromatic rings. The van der Waals surface area contributed by atoms with Crippen molar-refractivity contribution in [3.05, 3.63) is 17.5 Å². The highest BCUT2D eigenvalue weighted by atomic mass is 32.2. The summed E-state index contributed by atoms with van der Waals surface area (Å²) in [7, 11) is 1.71. The first-order valence-corrected chi connectivity index (χ1v) is 7.79. The van der Waals surface area contributed by atoms with Crippen molar-refractivity contribution in [1.82, 2.24) is 15.3 Å². The third-order valence-electron chi connectivity index (χ3n) is 3.43. The Bertz CT molecular complexity index is 441. The molecule has 20 heavy (non-hydrogen) atoms. The van der Waals surface area contributed by atoms with E-state index in [1.807, 2.05) is 26.8 Å². The van der Waals surface area contributed by atoms with E-state index in [1.54, 1.807) is 18.8 Å². The molecule has 0 aliphatic carbocycles. The van der Waals surface area contributed by atoms with Crippen LogP contribution in [-0.4, -0.2) is 39.4 Å². The maximum absolute atomic E-state index is 11.3. The van der Waals surface area contributed by atoms with E-state index >= 15 is 0 Å². The highest BCUT2D eigenvalue weighted by molar-refractivity contribution is 7.99. The number of aliphatic carboxylic acids is 1. The van der Waals surface area contributed by atoms with Crippen LogP contribution in [0.15, 0.2) is 11.2 Å². The van der Waals surface area contributed by atoms with Crippen molar-refractivity contribution in [2.45, 2.75) is 50.7 Å².